The average molecular weight is 459 g/mol. The molecular formula is C20H30N2O6S2. The highest BCUT2D eigenvalue weighted by atomic mass is 32.2. The van der Waals surface area contributed by atoms with Crippen molar-refractivity contribution in [3.8, 4) is 0 Å². The zero-order chi connectivity index (χ0) is 22.9. The van der Waals surface area contributed by atoms with Crippen LogP contribution in [0, 0.1) is 5.92 Å². The van der Waals surface area contributed by atoms with Gasteiger partial charge in [-0.1, -0.05) is 19.9 Å². The van der Waals surface area contributed by atoms with Gasteiger partial charge < -0.3 is 20.1 Å². The molecule has 0 aliphatic heterocycles. The number of esters is 1. The Morgan fingerprint density at radius 2 is 1.83 bits per heavy atom. The summed E-state index contributed by atoms with van der Waals surface area (Å²) in [4.78, 5) is 49.8. The maximum Gasteiger partial charge on any atom is 0.408 e. The monoisotopic (exact) mass is 458 g/mol. The van der Waals surface area contributed by atoms with Gasteiger partial charge in [-0.15, -0.1) is 11.3 Å². The Labute approximate surface area is 185 Å². The Kier molecular flexibility index (Phi) is 10.3. The Morgan fingerprint density at radius 3 is 2.33 bits per heavy atom. The van der Waals surface area contributed by atoms with Gasteiger partial charge in [0.15, 0.2) is 5.78 Å². The highest BCUT2D eigenvalue weighted by molar-refractivity contribution is 8.00. The number of alkyl carbamates (subject to hydrolysis) is 1. The molecule has 0 aliphatic rings. The Balaban J connectivity index is 2.81. The van der Waals surface area contributed by atoms with Gasteiger partial charge in [-0.25, -0.2) is 9.59 Å². The summed E-state index contributed by atoms with van der Waals surface area (Å²) in [5, 5.41) is 6.97. The number of ether oxygens (including phenoxy) is 2. The Bertz CT molecular complexity index is 728. The quantitative estimate of drug-likeness (QED) is 0.410. The van der Waals surface area contributed by atoms with Gasteiger partial charge in [0.25, 0.3) is 0 Å². The van der Waals surface area contributed by atoms with Crippen LogP contribution in [0.25, 0.3) is 0 Å². The molecule has 2 N–H and O–H groups in total. The van der Waals surface area contributed by atoms with Crippen molar-refractivity contribution < 1.29 is 28.7 Å². The first-order valence-corrected chi connectivity index (χ1v) is 11.5. The molecule has 8 nitrogen and oxygen atoms in total. The fourth-order valence-corrected chi connectivity index (χ4v) is 3.97. The molecule has 1 aromatic rings. The predicted molar refractivity (Wildman–Crippen MR) is 118 cm³/mol. The van der Waals surface area contributed by atoms with E-state index in [1.54, 1.807) is 46.8 Å². The van der Waals surface area contributed by atoms with Crippen molar-refractivity contribution in [3.63, 3.8) is 0 Å². The molecule has 0 saturated heterocycles. The van der Waals surface area contributed by atoms with Crippen molar-refractivity contribution in [3.05, 3.63) is 22.4 Å². The number of rotatable bonds is 10. The normalized spacial score (nSPS) is 13.3. The number of Topliss-reactive ketones (excluding diaryl/α,β-unsaturated/α-hetero) is 1. The molecule has 168 valence electrons. The molecular weight excluding hydrogens is 428 g/mol. The molecule has 0 saturated carbocycles. The number of carbonyl (C=O) groups is 4. The van der Waals surface area contributed by atoms with E-state index in [9.17, 15) is 19.2 Å². The van der Waals surface area contributed by atoms with E-state index in [-0.39, 0.29) is 23.2 Å². The topological polar surface area (TPSA) is 111 Å². The summed E-state index contributed by atoms with van der Waals surface area (Å²) in [5.41, 5.74) is -0.736. The Hall–Kier alpha value is -2.07. The molecule has 0 radical (unpaired) electrons. The SMILES string of the molecule is COC(=O)[C@@H](NC(=O)[C@H](CSCC(=O)c1cccs1)NC(=O)OC(C)(C)C)C(C)C. The number of nitrogens with one attached hydrogen (secondary N) is 2. The van der Waals surface area contributed by atoms with E-state index >= 15 is 0 Å². The second-order valence-corrected chi connectivity index (χ2v) is 9.85. The number of methoxy groups -OCH3 is 1. The standard InChI is InChI=1S/C20H30N2O6S2/c1-12(2)16(18(25)27-6)22-17(24)13(21-19(26)28-20(3,4)5)10-29-11-14(23)15-8-7-9-30-15/h7-9,12-13,16H,10-11H2,1-6H3,(H,21,26)(H,22,24)/t13-,16-/m0/s1. The van der Waals surface area contributed by atoms with Crippen LogP contribution < -0.4 is 10.6 Å². The van der Waals surface area contributed by atoms with Gasteiger partial charge in [-0.3, -0.25) is 9.59 Å². The van der Waals surface area contributed by atoms with Crippen LogP contribution in [0.1, 0.15) is 44.3 Å². The van der Waals surface area contributed by atoms with Crippen LogP contribution in [0.5, 0.6) is 0 Å². The van der Waals surface area contributed by atoms with Crippen molar-refractivity contribution in [2.75, 3.05) is 18.6 Å². The van der Waals surface area contributed by atoms with Gasteiger partial charge in [0.1, 0.15) is 17.7 Å². The fraction of sp³-hybridized carbons (Fsp3) is 0.600. The van der Waals surface area contributed by atoms with E-state index in [1.807, 2.05) is 5.38 Å². The number of carbonyl (C=O) groups excluding carboxylic acids is 4. The summed E-state index contributed by atoms with van der Waals surface area (Å²) < 4.78 is 9.97. The number of hydrogen-bond acceptors (Lipinski definition) is 8. The summed E-state index contributed by atoms with van der Waals surface area (Å²) in [7, 11) is 1.24. The molecule has 1 aromatic heterocycles. The molecule has 0 bridgehead atoms. The van der Waals surface area contributed by atoms with E-state index in [0.29, 0.717) is 4.88 Å². The smallest absolute Gasteiger partial charge is 0.408 e. The van der Waals surface area contributed by atoms with Gasteiger partial charge in [-0.2, -0.15) is 11.8 Å². The van der Waals surface area contributed by atoms with E-state index < -0.39 is 35.7 Å². The van der Waals surface area contributed by atoms with Crippen LogP contribution in [0.3, 0.4) is 0 Å². The molecule has 0 aromatic carbocycles. The van der Waals surface area contributed by atoms with Crippen molar-refractivity contribution in [2.45, 2.75) is 52.3 Å². The molecule has 30 heavy (non-hydrogen) atoms. The first kappa shape index (κ1) is 26.0. The van der Waals surface area contributed by atoms with E-state index in [1.165, 1.54) is 30.2 Å². The van der Waals surface area contributed by atoms with Crippen LogP contribution >= 0.6 is 23.1 Å². The van der Waals surface area contributed by atoms with Crippen molar-refractivity contribution in [2.24, 2.45) is 5.92 Å². The summed E-state index contributed by atoms with van der Waals surface area (Å²) in [6.45, 7) is 8.67. The van der Waals surface area contributed by atoms with Crippen molar-refractivity contribution in [1.29, 1.82) is 0 Å². The van der Waals surface area contributed by atoms with Crippen LogP contribution in [0.15, 0.2) is 17.5 Å². The van der Waals surface area contributed by atoms with Crippen molar-refractivity contribution >= 4 is 46.9 Å². The fourth-order valence-electron chi connectivity index (χ4n) is 2.29. The maximum absolute atomic E-state index is 12.8. The number of amides is 2. The molecule has 0 fully saturated rings. The number of ketones is 1. The maximum atomic E-state index is 12.8. The van der Waals surface area contributed by atoms with Crippen LogP contribution in [0.4, 0.5) is 4.79 Å². The summed E-state index contributed by atoms with van der Waals surface area (Å²) in [5.74, 6) is -1.10. The van der Waals surface area contributed by atoms with E-state index in [0.717, 1.165) is 0 Å². The zero-order valence-corrected chi connectivity index (χ0v) is 19.8. The Morgan fingerprint density at radius 1 is 1.17 bits per heavy atom. The second-order valence-electron chi connectivity index (χ2n) is 7.87. The third kappa shape index (κ3) is 9.17. The molecule has 2 atom stereocenters. The minimum atomic E-state index is -0.994. The third-order valence-corrected chi connectivity index (χ3v) is 5.69. The zero-order valence-electron chi connectivity index (χ0n) is 18.1. The second kappa shape index (κ2) is 11.9. The number of thiophene rings is 1. The molecule has 2 amide bonds. The minimum Gasteiger partial charge on any atom is -0.467 e. The van der Waals surface area contributed by atoms with Gasteiger partial charge in [0.05, 0.1) is 17.7 Å². The molecule has 0 spiro atoms. The van der Waals surface area contributed by atoms with E-state index in [2.05, 4.69) is 10.6 Å². The van der Waals surface area contributed by atoms with Crippen LogP contribution in [0.2, 0.25) is 0 Å². The summed E-state index contributed by atoms with van der Waals surface area (Å²) in [6.07, 6.45) is -0.757. The lowest BCUT2D eigenvalue weighted by Gasteiger charge is -2.25. The van der Waals surface area contributed by atoms with Gasteiger partial charge in [-0.05, 0) is 38.1 Å². The number of hydrogen-bond donors (Lipinski definition) is 2. The van der Waals surface area contributed by atoms with Crippen LogP contribution in [-0.2, 0) is 19.1 Å². The molecule has 1 rings (SSSR count). The van der Waals surface area contributed by atoms with Crippen LogP contribution in [-0.4, -0.2) is 60.1 Å². The highest BCUT2D eigenvalue weighted by Crippen LogP contribution is 2.15. The lowest BCUT2D eigenvalue weighted by molar-refractivity contribution is -0.146. The van der Waals surface area contributed by atoms with Crippen molar-refractivity contribution in [1.82, 2.24) is 10.6 Å². The largest absolute Gasteiger partial charge is 0.467 e. The van der Waals surface area contributed by atoms with Gasteiger partial charge in [0, 0.05) is 5.75 Å². The van der Waals surface area contributed by atoms with Gasteiger partial charge in [0.2, 0.25) is 5.91 Å². The summed E-state index contributed by atoms with van der Waals surface area (Å²) >= 11 is 2.56. The molecule has 1 heterocycles. The predicted octanol–water partition coefficient (Wildman–Crippen LogP) is 2.87. The molecule has 0 aliphatic carbocycles. The summed E-state index contributed by atoms with van der Waals surface area (Å²) in [6, 6.07) is 1.68. The number of thioether (sulfide) groups is 1. The first-order chi connectivity index (χ1) is 13.9. The lowest BCUT2D eigenvalue weighted by atomic mass is 10.0. The molecule has 10 heteroatoms. The van der Waals surface area contributed by atoms with E-state index in [4.69, 9.17) is 9.47 Å². The molecule has 0 unspecified atom stereocenters. The lowest BCUT2D eigenvalue weighted by Crippen LogP contribution is -2.54. The third-order valence-electron chi connectivity index (χ3n) is 3.74. The average Bonchev–Trinajstić information content (AvgIpc) is 3.17. The highest BCUT2D eigenvalue weighted by Gasteiger charge is 2.30. The first-order valence-electron chi connectivity index (χ1n) is 9.46. The minimum absolute atomic E-state index is 0.0546. The van der Waals surface area contributed by atoms with Gasteiger partial charge >= 0.3 is 12.1 Å².